The maximum Gasteiger partial charge on any atom is 0.329 e. The summed E-state index contributed by atoms with van der Waals surface area (Å²) in [6, 6.07) is 10.7. The van der Waals surface area contributed by atoms with Gasteiger partial charge < -0.3 is 14.8 Å². The van der Waals surface area contributed by atoms with Gasteiger partial charge in [-0.3, -0.25) is 9.69 Å². The number of benzene rings is 2. The number of carbonyl (C=O) groups is 2. The average molecular weight is 520 g/mol. The monoisotopic (exact) mass is 518 g/mol. The van der Waals surface area contributed by atoms with Crippen LogP contribution in [0, 0.1) is 0 Å². The normalized spacial score (nSPS) is 18.2. The number of amides is 3. The van der Waals surface area contributed by atoms with E-state index in [0.29, 0.717) is 26.6 Å². The van der Waals surface area contributed by atoms with Crippen molar-refractivity contribution in [1.29, 1.82) is 0 Å². The molecule has 1 saturated heterocycles. The van der Waals surface area contributed by atoms with Crippen LogP contribution >= 0.6 is 27.5 Å². The number of nitrogens with zero attached hydrogens (tertiary/aromatic N) is 1. The molecule has 1 heterocycles. The largest absolute Gasteiger partial charge is 0.493 e. The smallest absolute Gasteiger partial charge is 0.329 e. The van der Waals surface area contributed by atoms with Crippen LogP contribution in [0.2, 0.25) is 5.02 Å². The van der Waals surface area contributed by atoms with Crippen molar-refractivity contribution in [2.24, 2.45) is 0 Å². The minimum absolute atomic E-state index is 0.0241. The minimum atomic E-state index is -0.348. The van der Waals surface area contributed by atoms with Gasteiger partial charge in [-0.25, -0.2) is 4.79 Å². The second-order valence-corrected chi connectivity index (χ2v) is 9.13. The van der Waals surface area contributed by atoms with Crippen LogP contribution in [0.15, 0.2) is 46.6 Å². The van der Waals surface area contributed by atoms with Crippen LogP contribution in [-0.4, -0.2) is 30.0 Å². The van der Waals surface area contributed by atoms with Gasteiger partial charge in [-0.2, -0.15) is 0 Å². The van der Waals surface area contributed by atoms with E-state index in [4.69, 9.17) is 21.1 Å². The predicted octanol–water partition coefficient (Wildman–Crippen LogP) is 5.92. The Morgan fingerprint density at radius 2 is 1.94 bits per heavy atom. The van der Waals surface area contributed by atoms with Crippen molar-refractivity contribution in [3.63, 3.8) is 0 Å². The first-order valence-corrected chi connectivity index (χ1v) is 11.7. The number of hydrogen-bond donors (Lipinski definition) is 1. The van der Waals surface area contributed by atoms with Crippen molar-refractivity contribution >= 4 is 45.5 Å². The maximum atomic E-state index is 12.9. The summed E-state index contributed by atoms with van der Waals surface area (Å²) in [7, 11) is 1.55. The number of imide groups is 1. The number of urea groups is 1. The molecule has 2 aromatic carbocycles. The SMILES string of the molecule is COc1cc(/C=C2\NC(=O)N(C3CCCCC3)C2=O)cc(Br)c1OCc1ccccc1Cl. The fourth-order valence-corrected chi connectivity index (χ4v) is 4.88. The molecule has 1 saturated carbocycles. The number of rotatable bonds is 6. The van der Waals surface area contributed by atoms with Crippen LogP contribution in [0.25, 0.3) is 6.08 Å². The Morgan fingerprint density at radius 1 is 1.19 bits per heavy atom. The lowest BCUT2D eigenvalue weighted by Gasteiger charge is -2.28. The second kappa shape index (κ2) is 9.96. The van der Waals surface area contributed by atoms with Crippen molar-refractivity contribution in [2.45, 2.75) is 44.8 Å². The van der Waals surface area contributed by atoms with E-state index in [1.165, 1.54) is 4.90 Å². The minimum Gasteiger partial charge on any atom is -0.493 e. The predicted molar refractivity (Wildman–Crippen MR) is 127 cm³/mol. The zero-order valence-corrected chi connectivity index (χ0v) is 20.0. The van der Waals surface area contributed by atoms with E-state index in [0.717, 1.165) is 37.7 Å². The fourth-order valence-electron chi connectivity index (χ4n) is 4.11. The van der Waals surface area contributed by atoms with E-state index < -0.39 is 0 Å². The van der Waals surface area contributed by atoms with Gasteiger partial charge in [0.25, 0.3) is 5.91 Å². The van der Waals surface area contributed by atoms with E-state index in [1.54, 1.807) is 19.3 Å². The van der Waals surface area contributed by atoms with E-state index in [-0.39, 0.29) is 30.3 Å². The van der Waals surface area contributed by atoms with Crippen molar-refractivity contribution in [3.8, 4) is 11.5 Å². The topological polar surface area (TPSA) is 67.9 Å². The van der Waals surface area contributed by atoms with Crippen LogP contribution in [0.4, 0.5) is 4.79 Å². The highest BCUT2D eigenvalue weighted by Gasteiger charge is 2.39. The number of hydrogen-bond acceptors (Lipinski definition) is 4. The van der Waals surface area contributed by atoms with Gasteiger partial charge in [-0.15, -0.1) is 0 Å². The van der Waals surface area contributed by atoms with Crippen LogP contribution < -0.4 is 14.8 Å². The average Bonchev–Trinajstić information content (AvgIpc) is 3.07. The second-order valence-electron chi connectivity index (χ2n) is 7.87. The maximum absolute atomic E-state index is 12.9. The zero-order chi connectivity index (χ0) is 22.7. The first kappa shape index (κ1) is 22.7. The summed E-state index contributed by atoms with van der Waals surface area (Å²) in [5, 5.41) is 3.35. The molecule has 0 bridgehead atoms. The lowest BCUT2D eigenvalue weighted by atomic mass is 9.94. The number of nitrogens with one attached hydrogen (secondary N) is 1. The molecule has 2 fully saturated rings. The standard InChI is InChI=1S/C24H24BrClN2O4/c1-31-21-13-15(11-18(25)22(21)32-14-16-7-5-6-10-19(16)26)12-20-23(29)28(24(30)27-20)17-8-3-2-4-9-17/h5-7,10-13,17H,2-4,8-9,14H2,1H3,(H,27,30)/b20-12-. The summed E-state index contributed by atoms with van der Waals surface area (Å²) >= 11 is 9.75. The van der Waals surface area contributed by atoms with Crippen LogP contribution in [-0.2, 0) is 11.4 Å². The van der Waals surface area contributed by atoms with E-state index >= 15 is 0 Å². The lowest BCUT2D eigenvalue weighted by molar-refractivity contribution is -0.124. The lowest BCUT2D eigenvalue weighted by Crippen LogP contribution is -2.41. The number of halogens is 2. The van der Waals surface area contributed by atoms with Gasteiger partial charge in [0.2, 0.25) is 0 Å². The Kier molecular flexibility index (Phi) is 7.06. The highest BCUT2D eigenvalue weighted by atomic mass is 79.9. The van der Waals surface area contributed by atoms with Gasteiger partial charge in [-0.1, -0.05) is 49.1 Å². The highest BCUT2D eigenvalue weighted by Crippen LogP contribution is 2.38. The Balaban J connectivity index is 1.55. The first-order valence-electron chi connectivity index (χ1n) is 10.6. The van der Waals surface area contributed by atoms with Crippen molar-refractivity contribution in [3.05, 3.63) is 62.7 Å². The van der Waals surface area contributed by atoms with Gasteiger partial charge in [0.1, 0.15) is 12.3 Å². The van der Waals surface area contributed by atoms with Gasteiger partial charge in [0.05, 0.1) is 11.6 Å². The Hall–Kier alpha value is -2.51. The molecule has 0 unspecified atom stereocenters. The third-order valence-corrected chi connectivity index (χ3v) is 6.70. The highest BCUT2D eigenvalue weighted by molar-refractivity contribution is 9.10. The summed E-state index contributed by atoms with van der Waals surface area (Å²) < 4.78 is 12.1. The molecule has 8 heteroatoms. The fraction of sp³-hybridized carbons (Fsp3) is 0.333. The Morgan fingerprint density at radius 3 is 2.66 bits per heavy atom. The molecule has 1 aliphatic heterocycles. The number of carbonyl (C=O) groups excluding carboxylic acids is 2. The molecule has 0 spiro atoms. The zero-order valence-electron chi connectivity index (χ0n) is 17.7. The molecule has 1 aliphatic carbocycles. The summed E-state index contributed by atoms with van der Waals surface area (Å²) in [6.07, 6.45) is 6.63. The summed E-state index contributed by atoms with van der Waals surface area (Å²) in [5.74, 6) is 0.746. The summed E-state index contributed by atoms with van der Waals surface area (Å²) in [6.45, 7) is 0.278. The Bertz CT molecular complexity index is 1070. The molecular weight excluding hydrogens is 496 g/mol. The van der Waals surface area contributed by atoms with Crippen LogP contribution in [0.1, 0.15) is 43.2 Å². The molecule has 0 aromatic heterocycles. The number of methoxy groups -OCH3 is 1. The Labute approximate surface area is 200 Å². The van der Waals surface area contributed by atoms with Gasteiger partial charge in [-0.05, 0) is 58.6 Å². The number of ether oxygens (including phenoxy) is 2. The molecule has 2 aliphatic rings. The first-order chi connectivity index (χ1) is 15.5. The molecule has 6 nitrogen and oxygen atoms in total. The van der Waals surface area contributed by atoms with Gasteiger partial charge >= 0.3 is 6.03 Å². The molecule has 1 N–H and O–H groups in total. The van der Waals surface area contributed by atoms with Crippen molar-refractivity contribution in [1.82, 2.24) is 10.2 Å². The van der Waals surface area contributed by atoms with Crippen LogP contribution in [0.3, 0.4) is 0 Å². The molecule has 3 amide bonds. The van der Waals surface area contributed by atoms with Crippen molar-refractivity contribution in [2.75, 3.05) is 7.11 Å². The van der Waals surface area contributed by atoms with Gasteiger partial charge in [0.15, 0.2) is 11.5 Å². The van der Waals surface area contributed by atoms with E-state index in [9.17, 15) is 9.59 Å². The molecule has 32 heavy (non-hydrogen) atoms. The quantitative estimate of drug-likeness (QED) is 0.380. The third kappa shape index (κ3) is 4.79. The molecule has 4 rings (SSSR count). The summed E-state index contributed by atoms with van der Waals surface area (Å²) in [5.41, 5.74) is 1.82. The van der Waals surface area contributed by atoms with E-state index in [1.807, 2.05) is 30.3 Å². The molecule has 2 aromatic rings. The summed E-state index contributed by atoms with van der Waals surface area (Å²) in [4.78, 5) is 26.7. The molecule has 0 atom stereocenters. The van der Waals surface area contributed by atoms with Crippen LogP contribution in [0.5, 0.6) is 11.5 Å². The van der Waals surface area contributed by atoms with E-state index in [2.05, 4.69) is 21.2 Å². The van der Waals surface area contributed by atoms with Crippen molar-refractivity contribution < 1.29 is 19.1 Å². The molecule has 168 valence electrons. The molecular formula is C24H24BrClN2O4. The van der Waals surface area contributed by atoms with Gasteiger partial charge in [0, 0.05) is 16.6 Å². The third-order valence-electron chi connectivity index (χ3n) is 5.74. The molecule has 0 radical (unpaired) electrons.